The number of carboxylic acids is 1. The van der Waals surface area contributed by atoms with Crippen LogP contribution < -0.4 is 5.32 Å². The number of amides is 2. The number of carbonyl (C=O) groups excluding carboxylic acids is 2. The van der Waals surface area contributed by atoms with E-state index in [0.29, 0.717) is 13.1 Å². The fourth-order valence-electron chi connectivity index (χ4n) is 5.91. The van der Waals surface area contributed by atoms with Crippen molar-refractivity contribution in [2.24, 2.45) is 17.8 Å². The molecule has 1 saturated heterocycles. The van der Waals surface area contributed by atoms with Crippen LogP contribution in [0.15, 0.2) is 48.5 Å². The zero-order chi connectivity index (χ0) is 22.9. The lowest BCUT2D eigenvalue weighted by atomic mass is 9.85. The quantitative estimate of drug-likeness (QED) is 0.705. The molecule has 7 heteroatoms. The largest absolute Gasteiger partial charge is 0.481 e. The molecule has 172 valence electrons. The van der Waals surface area contributed by atoms with Crippen LogP contribution in [0.3, 0.4) is 0 Å². The molecule has 33 heavy (non-hydrogen) atoms. The van der Waals surface area contributed by atoms with Crippen molar-refractivity contribution in [1.82, 2.24) is 10.2 Å². The first kappa shape index (κ1) is 21.5. The number of carbonyl (C=O) groups is 3. The Balaban J connectivity index is 1.10. The summed E-state index contributed by atoms with van der Waals surface area (Å²) in [6.07, 6.45) is 1.38. The van der Waals surface area contributed by atoms with Gasteiger partial charge in [-0.05, 0) is 46.9 Å². The van der Waals surface area contributed by atoms with Gasteiger partial charge in [-0.25, -0.2) is 4.79 Å². The van der Waals surface area contributed by atoms with Gasteiger partial charge in [0.1, 0.15) is 6.61 Å². The first-order chi connectivity index (χ1) is 16.0. The molecule has 0 spiro atoms. The number of likely N-dealkylation sites (tertiary alicyclic amines) is 1. The van der Waals surface area contributed by atoms with Crippen LogP contribution in [-0.4, -0.2) is 54.2 Å². The van der Waals surface area contributed by atoms with Gasteiger partial charge in [0, 0.05) is 32.0 Å². The van der Waals surface area contributed by atoms with Crippen LogP contribution in [0, 0.1) is 17.8 Å². The predicted octanol–water partition coefficient (Wildman–Crippen LogP) is 3.48. The van der Waals surface area contributed by atoms with Crippen LogP contribution in [0.25, 0.3) is 11.1 Å². The zero-order valence-corrected chi connectivity index (χ0v) is 18.4. The third-order valence-corrected chi connectivity index (χ3v) is 7.42. The molecule has 1 aliphatic heterocycles. The van der Waals surface area contributed by atoms with Gasteiger partial charge in [-0.2, -0.15) is 0 Å². The molecule has 2 N–H and O–H groups in total. The van der Waals surface area contributed by atoms with E-state index in [2.05, 4.69) is 29.6 Å². The van der Waals surface area contributed by atoms with Crippen LogP contribution in [0.4, 0.5) is 4.79 Å². The van der Waals surface area contributed by atoms with Gasteiger partial charge in [0.15, 0.2) is 0 Å². The lowest BCUT2D eigenvalue weighted by Crippen LogP contribution is -2.47. The Morgan fingerprint density at radius 2 is 1.52 bits per heavy atom. The van der Waals surface area contributed by atoms with E-state index in [0.717, 1.165) is 24.0 Å². The maximum absolute atomic E-state index is 12.6. The number of rotatable bonds is 6. The number of hydrogen-bond acceptors (Lipinski definition) is 4. The summed E-state index contributed by atoms with van der Waals surface area (Å²) in [5, 5.41) is 12.1. The highest BCUT2D eigenvalue weighted by atomic mass is 16.5. The number of benzene rings is 2. The maximum Gasteiger partial charge on any atom is 0.407 e. The Labute approximate surface area is 192 Å². The van der Waals surface area contributed by atoms with Gasteiger partial charge < -0.3 is 20.1 Å². The highest BCUT2D eigenvalue weighted by molar-refractivity contribution is 5.80. The molecule has 2 aromatic carbocycles. The van der Waals surface area contributed by atoms with Crippen LogP contribution in [0.2, 0.25) is 0 Å². The molecule has 5 rings (SSSR count). The second kappa shape index (κ2) is 8.89. The molecule has 3 aliphatic rings. The van der Waals surface area contributed by atoms with Crippen molar-refractivity contribution in [2.45, 2.75) is 25.2 Å². The third-order valence-electron chi connectivity index (χ3n) is 7.42. The molecule has 2 bridgehead atoms. The normalized spacial score (nSPS) is 23.0. The third kappa shape index (κ3) is 4.08. The summed E-state index contributed by atoms with van der Waals surface area (Å²) in [5.41, 5.74) is 4.66. The molecule has 2 aliphatic carbocycles. The monoisotopic (exact) mass is 448 g/mol. The number of aliphatic carboxylic acids is 1. The average Bonchev–Trinajstić information content (AvgIpc) is 3.28. The van der Waals surface area contributed by atoms with Crippen molar-refractivity contribution >= 4 is 18.0 Å². The number of ether oxygens (including phenoxy) is 1. The fourth-order valence-corrected chi connectivity index (χ4v) is 5.91. The van der Waals surface area contributed by atoms with Gasteiger partial charge in [-0.15, -0.1) is 0 Å². The Bertz CT molecular complexity index is 1020. The number of fused-ring (bicyclic) bond motifs is 5. The summed E-state index contributed by atoms with van der Waals surface area (Å²) in [4.78, 5) is 38.1. The molecule has 2 aromatic rings. The van der Waals surface area contributed by atoms with Gasteiger partial charge >= 0.3 is 12.1 Å². The summed E-state index contributed by atoms with van der Waals surface area (Å²) in [6, 6.07) is 16.3. The Kier molecular flexibility index (Phi) is 5.79. The van der Waals surface area contributed by atoms with E-state index in [1.165, 1.54) is 11.1 Å². The molecule has 2 fully saturated rings. The second-order valence-corrected chi connectivity index (χ2v) is 9.26. The minimum Gasteiger partial charge on any atom is -0.481 e. The minimum atomic E-state index is -0.744. The van der Waals surface area contributed by atoms with Crippen molar-refractivity contribution in [1.29, 1.82) is 0 Å². The van der Waals surface area contributed by atoms with E-state index < -0.39 is 12.1 Å². The molecule has 2 atom stereocenters. The van der Waals surface area contributed by atoms with Gasteiger partial charge in [-0.1, -0.05) is 48.5 Å². The fraction of sp³-hybridized carbons (Fsp3) is 0.423. The summed E-state index contributed by atoms with van der Waals surface area (Å²) in [7, 11) is 0. The topological polar surface area (TPSA) is 95.9 Å². The molecule has 2 amide bonds. The second-order valence-electron chi connectivity index (χ2n) is 9.26. The maximum atomic E-state index is 12.6. The smallest absolute Gasteiger partial charge is 0.407 e. The number of nitrogens with zero attached hydrogens (tertiary/aromatic N) is 1. The summed E-state index contributed by atoms with van der Waals surface area (Å²) in [6.45, 7) is 1.43. The van der Waals surface area contributed by atoms with E-state index in [9.17, 15) is 19.5 Å². The Hall–Kier alpha value is -3.35. The number of carboxylic acid groups (broad SMARTS) is 1. The number of hydrogen-bond donors (Lipinski definition) is 2. The van der Waals surface area contributed by atoms with Crippen molar-refractivity contribution in [2.75, 3.05) is 26.2 Å². The highest BCUT2D eigenvalue weighted by Crippen LogP contribution is 2.44. The van der Waals surface area contributed by atoms with E-state index in [-0.39, 0.29) is 49.2 Å². The summed E-state index contributed by atoms with van der Waals surface area (Å²) in [5.74, 6) is -1.04. The average molecular weight is 449 g/mol. The number of alkyl carbamates (subject to hydrolysis) is 1. The lowest BCUT2D eigenvalue weighted by molar-refractivity contribution is -0.149. The summed E-state index contributed by atoms with van der Waals surface area (Å²) >= 11 is 0. The van der Waals surface area contributed by atoms with Crippen molar-refractivity contribution in [3.05, 3.63) is 59.7 Å². The first-order valence-corrected chi connectivity index (χ1v) is 11.6. The lowest BCUT2D eigenvalue weighted by Gasteiger charge is -2.36. The van der Waals surface area contributed by atoms with Gasteiger partial charge in [0.25, 0.3) is 0 Å². The number of piperidine rings is 1. The Morgan fingerprint density at radius 3 is 2.09 bits per heavy atom. The highest BCUT2D eigenvalue weighted by Gasteiger charge is 2.46. The SMILES string of the molecule is O=C(NCCC(=O)N1CC2CCC(C1)C2C(=O)O)OCC1c2ccccc2-c2ccccc21. The van der Waals surface area contributed by atoms with Crippen LogP contribution in [0.5, 0.6) is 0 Å². The van der Waals surface area contributed by atoms with E-state index in [1.807, 2.05) is 24.3 Å². The van der Waals surface area contributed by atoms with Crippen LogP contribution in [-0.2, 0) is 14.3 Å². The predicted molar refractivity (Wildman–Crippen MR) is 122 cm³/mol. The molecular formula is C26H28N2O5. The van der Waals surface area contributed by atoms with Crippen LogP contribution in [0.1, 0.15) is 36.3 Å². The standard InChI is InChI=1S/C26H28N2O5/c29-23(28-13-16-9-10-17(14-28)24(16)25(30)31)11-12-27-26(32)33-15-22-20-7-3-1-5-18(20)19-6-2-4-8-21(19)22/h1-8,16-17,22,24H,9-15H2,(H,27,32)(H,30,31). The van der Waals surface area contributed by atoms with Crippen molar-refractivity contribution < 1.29 is 24.2 Å². The molecular weight excluding hydrogens is 420 g/mol. The minimum absolute atomic E-state index is 0.00390. The summed E-state index contributed by atoms with van der Waals surface area (Å²) < 4.78 is 5.51. The van der Waals surface area contributed by atoms with E-state index >= 15 is 0 Å². The van der Waals surface area contributed by atoms with Crippen LogP contribution >= 0.6 is 0 Å². The van der Waals surface area contributed by atoms with Gasteiger partial charge in [0.05, 0.1) is 5.92 Å². The molecule has 2 unspecified atom stereocenters. The molecule has 0 radical (unpaired) electrons. The van der Waals surface area contributed by atoms with Crippen molar-refractivity contribution in [3.63, 3.8) is 0 Å². The molecule has 0 aromatic heterocycles. The Morgan fingerprint density at radius 1 is 0.939 bits per heavy atom. The first-order valence-electron chi connectivity index (χ1n) is 11.6. The van der Waals surface area contributed by atoms with E-state index in [4.69, 9.17) is 4.74 Å². The molecule has 7 nitrogen and oxygen atoms in total. The van der Waals surface area contributed by atoms with Gasteiger partial charge in [-0.3, -0.25) is 9.59 Å². The van der Waals surface area contributed by atoms with Gasteiger partial charge in [0.2, 0.25) is 5.91 Å². The number of nitrogens with one attached hydrogen (secondary N) is 1. The van der Waals surface area contributed by atoms with Crippen molar-refractivity contribution in [3.8, 4) is 11.1 Å². The molecule has 1 saturated carbocycles. The van der Waals surface area contributed by atoms with E-state index in [1.54, 1.807) is 4.90 Å². The zero-order valence-electron chi connectivity index (χ0n) is 18.4. The molecule has 1 heterocycles.